The Labute approximate surface area is 151 Å². The van der Waals surface area contributed by atoms with Gasteiger partial charge in [-0.25, -0.2) is 9.97 Å². The van der Waals surface area contributed by atoms with Gasteiger partial charge in [0.2, 0.25) is 11.6 Å². The van der Waals surface area contributed by atoms with Gasteiger partial charge in [0.15, 0.2) is 0 Å². The number of rotatable bonds is 5. The van der Waals surface area contributed by atoms with Crippen LogP contribution in [0, 0.1) is 30.9 Å². The van der Waals surface area contributed by atoms with Gasteiger partial charge in [0, 0.05) is 11.4 Å². The van der Waals surface area contributed by atoms with E-state index < -0.39 is 4.92 Å². The van der Waals surface area contributed by atoms with Crippen molar-refractivity contribution in [2.75, 3.05) is 10.6 Å². The van der Waals surface area contributed by atoms with E-state index in [1.165, 1.54) is 6.33 Å². The highest BCUT2D eigenvalue weighted by molar-refractivity contribution is 5.77. The van der Waals surface area contributed by atoms with E-state index >= 15 is 0 Å². The first-order valence-corrected chi connectivity index (χ1v) is 8.11. The Morgan fingerprint density at radius 3 is 2.00 bits per heavy atom. The Bertz CT molecular complexity index is 952. The van der Waals surface area contributed by atoms with Gasteiger partial charge in [0.05, 0.1) is 4.92 Å². The molecule has 26 heavy (non-hydrogen) atoms. The smallest absolute Gasteiger partial charge is 0.334 e. The quantitative estimate of drug-likeness (QED) is 0.508. The molecule has 3 rings (SSSR count). The molecule has 2 aromatic carbocycles. The average Bonchev–Trinajstić information content (AvgIpc) is 2.53. The molecule has 2 N–H and O–H groups in total. The van der Waals surface area contributed by atoms with Crippen molar-refractivity contribution in [3.05, 3.63) is 75.6 Å². The predicted molar refractivity (Wildman–Crippen MR) is 102 cm³/mol. The predicted octanol–water partition coefficient (Wildman–Crippen LogP) is 4.80. The first-order chi connectivity index (χ1) is 12.4. The molecule has 0 aliphatic rings. The van der Waals surface area contributed by atoms with Gasteiger partial charge >= 0.3 is 5.69 Å². The minimum absolute atomic E-state index is 0.141. The Morgan fingerprint density at radius 2 is 1.42 bits per heavy atom. The first kappa shape index (κ1) is 17.3. The highest BCUT2D eigenvalue weighted by Crippen LogP contribution is 2.33. The fourth-order valence-electron chi connectivity index (χ4n) is 2.78. The fourth-order valence-corrected chi connectivity index (χ4v) is 2.78. The maximum absolute atomic E-state index is 11.7. The summed E-state index contributed by atoms with van der Waals surface area (Å²) in [6, 6.07) is 13.4. The second-order valence-corrected chi connectivity index (χ2v) is 6.17. The Morgan fingerprint density at radius 1 is 0.846 bits per heavy atom. The van der Waals surface area contributed by atoms with Crippen LogP contribution in [0.5, 0.6) is 0 Å². The SMILES string of the molecule is Cc1cccc(Nc2ncnc(Nc3cc(C)cc(C)c3)c2[N+](=O)[O-])c1. The lowest BCUT2D eigenvalue weighted by Gasteiger charge is -2.11. The summed E-state index contributed by atoms with van der Waals surface area (Å²) in [5.41, 5.74) is 4.42. The summed E-state index contributed by atoms with van der Waals surface area (Å²) in [6.45, 7) is 5.89. The van der Waals surface area contributed by atoms with Crippen molar-refractivity contribution >= 4 is 28.7 Å². The number of nitrogens with zero attached hydrogens (tertiary/aromatic N) is 3. The summed E-state index contributed by atoms with van der Waals surface area (Å²) >= 11 is 0. The van der Waals surface area contributed by atoms with Gasteiger partial charge in [-0.3, -0.25) is 10.1 Å². The minimum atomic E-state index is -0.483. The van der Waals surface area contributed by atoms with Crippen LogP contribution in [0.2, 0.25) is 0 Å². The van der Waals surface area contributed by atoms with Crippen LogP contribution in [0.4, 0.5) is 28.7 Å². The Kier molecular flexibility index (Phi) is 4.79. The van der Waals surface area contributed by atoms with Gasteiger partial charge < -0.3 is 10.6 Å². The van der Waals surface area contributed by atoms with Gasteiger partial charge in [-0.15, -0.1) is 0 Å². The molecule has 1 aromatic heterocycles. The summed E-state index contributed by atoms with van der Waals surface area (Å²) in [7, 11) is 0. The number of nitro groups is 1. The molecule has 7 heteroatoms. The minimum Gasteiger partial charge on any atom is -0.334 e. The summed E-state index contributed by atoms with van der Waals surface area (Å²) in [4.78, 5) is 19.3. The van der Waals surface area contributed by atoms with Crippen LogP contribution in [-0.4, -0.2) is 14.9 Å². The molecule has 0 amide bonds. The molecule has 0 aliphatic heterocycles. The summed E-state index contributed by atoms with van der Waals surface area (Å²) in [6.07, 6.45) is 1.30. The zero-order valence-corrected chi connectivity index (χ0v) is 14.8. The van der Waals surface area contributed by atoms with E-state index in [9.17, 15) is 10.1 Å². The molecule has 0 saturated carbocycles. The van der Waals surface area contributed by atoms with Crippen LogP contribution < -0.4 is 10.6 Å². The standard InChI is InChI=1S/C19H19N5O2/c1-12-5-4-6-15(8-12)22-18-17(24(25)26)19(21-11-20-18)23-16-9-13(2)7-14(3)10-16/h4-11H,1-3H3,(H2,20,21,22,23). The number of hydrogen-bond acceptors (Lipinski definition) is 6. The first-order valence-electron chi connectivity index (χ1n) is 8.11. The maximum atomic E-state index is 11.7. The molecule has 0 saturated heterocycles. The van der Waals surface area contributed by atoms with Crippen LogP contribution >= 0.6 is 0 Å². The van der Waals surface area contributed by atoms with Crippen molar-refractivity contribution in [1.82, 2.24) is 9.97 Å². The fraction of sp³-hybridized carbons (Fsp3) is 0.158. The summed E-state index contributed by atoms with van der Waals surface area (Å²) in [5.74, 6) is 0.285. The van der Waals surface area contributed by atoms with Gasteiger partial charge in [-0.1, -0.05) is 18.2 Å². The molecule has 3 aromatic rings. The zero-order chi connectivity index (χ0) is 18.7. The number of aromatic nitrogens is 2. The lowest BCUT2D eigenvalue weighted by atomic mass is 10.1. The van der Waals surface area contributed by atoms with Gasteiger partial charge in [-0.05, 0) is 61.7 Å². The molecule has 1 heterocycles. The van der Waals surface area contributed by atoms with Gasteiger partial charge in [0.1, 0.15) is 6.33 Å². The van der Waals surface area contributed by atoms with Crippen molar-refractivity contribution < 1.29 is 4.92 Å². The molecule has 0 radical (unpaired) electrons. The van der Waals surface area contributed by atoms with E-state index in [0.29, 0.717) is 0 Å². The monoisotopic (exact) mass is 349 g/mol. The van der Waals surface area contributed by atoms with Crippen molar-refractivity contribution in [1.29, 1.82) is 0 Å². The molecular formula is C19H19N5O2. The van der Waals surface area contributed by atoms with Crippen LogP contribution in [0.15, 0.2) is 48.8 Å². The van der Waals surface area contributed by atoms with Crippen LogP contribution in [-0.2, 0) is 0 Å². The zero-order valence-electron chi connectivity index (χ0n) is 14.8. The van der Waals surface area contributed by atoms with Crippen LogP contribution in [0.3, 0.4) is 0 Å². The number of nitrogens with one attached hydrogen (secondary N) is 2. The van der Waals surface area contributed by atoms with Gasteiger partial charge in [0.25, 0.3) is 0 Å². The maximum Gasteiger partial charge on any atom is 0.353 e. The highest BCUT2D eigenvalue weighted by Gasteiger charge is 2.23. The molecule has 0 spiro atoms. The highest BCUT2D eigenvalue weighted by atomic mass is 16.6. The number of anilines is 4. The van der Waals surface area contributed by atoms with E-state index in [2.05, 4.69) is 20.6 Å². The van der Waals surface area contributed by atoms with Crippen LogP contribution in [0.1, 0.15) is 16.7 Å². The lowest BCUT2D eigenvalue weighted by molar-refractivity contribution is -0.383. The van der Waals surface area contributed by atoms with Gasteiger partial charge in [-0.2, -0.15) is 0 Å². The number of hydrogen-bond donors (Lipinski definition) is 2. The Balaban J connectivity index is 1.99. The van der Waals surface area contributed by atoms with Crippen molar-refractivity contribution in [2.45, 2.75) is 20.8 Å². The third-order valence-electron chi connectivity index (χ3n) is 3.77. The molecule has 7 nitrogen and oxygen atoms in total. The summed E-state index contributed by atoms with van der Waals surface area (Å²) in [5, 5.41) is 17.7. The van der Waals surface area contributed by atoms with E-state index in [0.717, 1.165) is 28.1 Å². The topological polar surface area (TPSA) is 93.0 Å². The molecule has 0 bridgehead atoms. The third-order valence-corrected chi connectivity index (χ3v) is 3.77. The number of aryl methyl sites for hydroxylation is 3. The molecule has 132 valence electrons. The third kappa shape index (κ3) is 3.94. The van der Waals surface area contributed by atoms with Crippen molar-refractivity contribution in [3.63, 3.8) is 0 Å². The second-order valence-electron chi connectivity index (χ2n) is 6.17. The number of benzene rings is 2. The average molecular weight is 349 g/mol. The van der Waals surface area contributed by atoms with Crippen molar-refractivity contribution in [3.8, 4) is 0 Å². The van der Waals surface area contributed by atoms with E-state index in [1.807, 2.05) is 63.2 Å². The second kappa shape index (κ2) is 7.18. The van der Waals surface area contributed by atoms with E-state index in [1.54, 1.807) is 0 Å². The van der Waals surface area contributed by atoms with E-state index in [-0.39, 0.29) is 17.3 Å². The molecule has 0 atom stereocenters. The Hall–Kier alpha value is -3.48. The van der Waals surface area contributed by atoms with Crippen LogP contribution in [0.25, 0.3) is 0 Å². The molecule has 0 aliphatic carbocycles. The largest absolute Gasteiger partial charge is 0.353 e. The summed E-state index contributed by atoms with van der Waals surface area (Å²) < 4.78 is 0. The van der Waals surface area contributed by atoms with E-state index in [4.69, 9.17) is 0 Å². The normalized spacial score (nSPS) is 10.4. The van der Waals surface area contributed by atoms with Crippen molar-refractivity contribution in [2.24, 2.45) is 0 Å². The molecule has 0 unspecified atom stereocenters. The molecular weight excluding hydrogens is 330 g/mol. The lowest BCUT2D eigenvalue weighted by Crippen LogP contribution is -2.05. The molecule has 0 fully saturated rings.